The van der Waals surface area contributed by atoms with Crippen LogP contribution in [0, 0.1) is 15.9 Å². The van der Waals surface area contributed by atoms with Crippen molar-refractivity contribution in [3.05, 3.63) is 70.0 Å². The van der Waals surface area contributed by atoms with Gasteiger partial charge in [0.2, 0.25) is 21.8 Å². The zero-order valence-corrected chi connectivity index (χ0v) is 21.5. The molecule has 2 rings (SSSR count). The van der Waals surface area contributed by atoms with Crippen molar-refractivity contribution in [1.29, 1.82) is 0 Å². The van der Waals surface area contributed by atoms with E-state index in [1.807, 2.05) is 13.8 Å². The van der Waals surface area contributed by atoms with Crippen molar-refractivity contribution in [2.24, 2.45) is 0 Å². The Morgan fingerprint density at radius 2 is 1.75 bits per heavy atom. The zero-order chi connectivity index (χ0) is 27.0. The lowest BCUT2D eigenvalue weighted by molar-refractivity contribution is -0.384. The van der Waals surface area contributed by atoms with Crippen molar-refractivity contribution in [1.82, 2.24) is 10.2 Å². The molecule has 2 amide bonds. The number of amides is 2. The fourth-order valence-corrected chi connectivity index (χ4v) is 4.36. The first-order valence-corrected chi connectivity index (χ1v) is 13.3. The summed E-state index contributed by atoms with van der Waals surface area (Å²) in [6.45, 7) is 4.69. The summed E-state index contributed by atoms with van der Waals surface area (Å²) in [6.07, 6.45) is 1.80. The highest BCUT2D eigenvalue weighted by Gasteiger charge is 2.32. The first kappa shape index (κ1) is 28.7. The zero-order valence-electron chi connectivity index (χ0n) is 20.7. The van der Waals surface area contributed by atoms with Gasteiger partial charge in [-0.05, 0) is 43.5 Å². The van der Waals surface area contributed by atoms with Gasteiger partial charge in [-0.15, -0.1) is 0 Å². The van der Waals surface area contributed by atoms with Crippen molar-refractivity contribution < 1.29 is 27.3 Å². The number of nitrogens with one attached hydrogen (secondary N) is 1. The number of nitro groups is 1. The van der Waals surface area contributed by atoms with Crippen molar-refractivity contribution in [2.75, 3.05) is 17.1 Å². The van der Waals surface area contributed by atoms with E-state index in [1.54, 1.807) is 6.92 Å². The molecule has 12 heteroatoms. The molecule has 0 saturated heterocycles. The third-order valence-corrected chi connectivity index (χ3v) is 6.80. The lowest BCUT2D eigenvalue weighted by Crippen LogP contribution is -2.53. The molecule has 0 fully saturated rings. The first-order valence-electron chi connectivity index (χ1n) is 11.4. The number of hydrogen-bond donors (Lipinski definition) is 1. The van der Waals surface area contributed by atoms with Crippen LogP contribution in [0.5, 0.6) is 0 Å². The predicted octanol–water partition coefficient (Wildman–Crippen LogP) is 3.22. The van der Waals surface area contributed by atoms with Gasteiger partial charge in [0.15, 0.2) is 0 Å². The lowest BCUT2D eigenvalue weighted by atomic mass is 10.1. The van der Waals surface area contributed by atoms with Crippen LogP contribution in [0.15, 0.2) is 48.5 Å². The van der Waals surface area contributed by atoms with E-state index >= 15 is 0 Å². The number of nitro benzene ring substituents is 1. The van der Waals surface area contributed by atoms with Gasteiger partial charge in [-0.1, -0.05) is 32.0 Å². The van der Waals surface area contributed by atoms with Gasteiger partial charge in [0, 0.05) is 24.7 Å². The molecule has 0 aliphatic rings. The average molecular weight is 523 g/mol. The lowest BCUT2D eigenvalue weighted by Gasteiger charge is -2.33. The molecule has 0 aliphatic heterocycles. The summed E-state index contributed by atoms with van der Waals surface area (Å²) in [4.78, 5) is 38.4. The Hall–Kier alpha value is -3.54. The predicted molar refractivity (Wildman–Crippen MR) is 134 cm³/mol. The summed E-state index contributed by atoms with van der Waals surface area (Å²) in [5.41, 5.74) is 0.149. The summed E-state index contributed by atoms with van der Waals surface area (Å²) >= 11 is 0. The Labute approximate surface area is 210 Å². The molecule has 0 saturated carbocycles. The molecule has 0 bridgehead atoms. The Kier molecular flexibility index (Phi) is 9.91. The number of nitrogens with zero attached hydrogens (tertiary/aromatic N) is 3. The van der Waals surface area contributed by atoms with Gasteiger partial charge < -0.3 is 10.2 Å². The third-order valence-electron chi connectivity index (χ3n) is 5.66. The SMILES string of the molecule is CC[C@H](C)NC(=O)[C@H](CC)N(Cc1ccc(F)cc1)C(=O)CN(c1cccc([N+](=O)[O-])c1)S(C)(=O)=O. The molecule has 196 valence electrons. The second-order valence-electron chi connectivity index (χ2n) is 8.44. The van der Waals surface area contributed by atoms with E-state index in [0.717, 1.165) is 16.6 Å². The minimum absolute atomic E-state index is 0.0566. The van der Waals surface area contributed by atoms with Crippen LogP contribution in [0.3, 0.4) is 0 Å². The Morgan fingerprint density at radius 3 is 2.28 bits per heavy atom. The van der Waals surface area contributed by atoms with E-state index in [1.165, 1.54) is 47.4 Å². The minimum Gasteiger partial charge on any atom is -0.352 e. The summed E-state index contributed by atoms with van der Waals surface area (Å²) < 4.78 is 39.4. The van der Waals surface area contributed by atoms with Gasteiger partial charge in [-0.25, -0.2) is 12.8 Å². The van der Waals surface area contributed by atoms with Gasteiger partial charge in [-0.2, -0.15) is 0 Å². The number of carbonyl (C=O) groups excluding carboxylic acids is 2. The highest BCUT2D eigenvalue weighted by atomic mass is 32.2. The molecule has 0 spiro atoms. The number of benzene rings is 2. The van der Waals surface area contributed by atoms with Crippen LogP contribution in [0.25, 0.3) is 0 Å². The van der Waals surface area contributed by atoms with Gasteiger partial charge in [0.05, 0.1) is 16.9 Å². The van der Waals surface area contributed by atoms with Gasteiger partial charge >= 0.3 is 0 Å². The van der Waals surface area contributed by atoms with E-state index in [9.17, 15) is 32.5 Å². The highest BCUT2D eigenvalue weighted by molar-refractivity contribution is 7.92. The maximum absolute atomic E-state index is 13.6. The molecule has 2 aromatic rings. The summed E-state index contributed by atoms with van der Waals surface area (Å²) in [7, 11) is -4.03. The molecule has 0 aliphatic carbocycles. The number of non-ortho nitro benzene ring substituents is 1. The van der Waals surface area contributed by atoms with Crippen LogP contribution in [-0.4, -0.2) is 54.9 Å². The number of hydrogen-bond acceptors (Lipinski definition) is 6. The maximum atomic E-state index is 13.6. The number of rotatable bonds is 12. The summed E-state index contributed by atoms with van der Waals surface area (Å²) in [5, 5.41) is 14.0. The van der Waals surface area contributed by atoms with Crippen LogP contribution in [0.4, 0.5) is 15.8 Å². The molecule has 1 N–H and O–H groups in total. The fraction of sp³-hybridized carbons (Fsp3) is 0.417. The van der Waals surface area contributed by atoms with E-state index < -0.39 is 45.2 Å². The highest BCUT2D eigenvalue weighted by Crippen LogP contribution is 2.24. The third kappa shape index (κ3) is 7.74. The van der Waals surface area contributed by atoms with Crippen molar-refractivity contribution in [3.63, 3.8) is 0 Å². The molecule has 0 radical (unpaired) electrons. The molecule has 0 unspecified atom stereocenters. The van der Waals surface area contributed by atoms with Crippen molar-refractivity contribution in [2.45, 2.75) is 52.2 Å². The van der Waals surface area contributed by atoms with E-state index in [0.29, 0.717) is 12.0 Å². The fourth-order valence-electron chi connectivity index (χ4n) is 3.52. The van der Waals surface area contributed by atoms with E-state index in [2.05, 4.69) is 5.32 Å². The Balaban J connectivity index is 2.47. The van der Waals surface area contributed by atoms with Crippen LogP contribution in [0.1, 0.15) is 39.2 Å². The van der Waals surface area contributed by atoms with Gasteiger partial charge in [-0.3, -0.25) is 24.0 Å². The van der Waals surface area contributed by atoms with Crippen LogP contribution >= 0.6 is 0 Å². The van der Waals surface area contributed by atoms with Gasteiger partial charge in [0.1, 0.15) is 18.4 Å². The van der Waals surface area contributed by atoms with Gasteiger partial charge in [0.25, 0.3) is 5.69 Å². The molecule has 0 aromatic heterocycles. The number of anilines is 1. The quantitative estimate of drug-likeness (QED) is 0.337. The number of sulfonamides is 1. The van der Waals surface area contributed by atoms with Crippen LogP contribution in [0.2, 0.25) is 0 Å². The molecule has 0 heterocycles. The standard InChI is InChI=1S/C24H31FN4O6S/c1-5-17(3)26-24(31)22(6-2)27(15-18-10-12-19(25)13-11-18)23(30)16-28(36(4,34)35)20-8-7-9-21(14-20)29(32)33/h7-14,17,22H,5-6,15-16H2,1-4H3,(H,26,31)/t17-,22-/m0/s1. The summed E-state index contributed by atoms with van der Waals surface area (Å²) in [6, 6.07) is 9.26. The molecular formula is C24H31FN4O6S. The Morgan fingerprint density at radius 1 is 1.11 bits per heavy atom. The maximum Gasteiger partial charge on any atom is 0.271 e. The van der Waals surface area contributed by atoms with E-state index in [4.69, 9.17) is 0 Å². The van der Waals surface area contributed by atoms with Crippen molar-refractivity contribution >= 4 is 33.2 Å². The topological polar surface area (TPSA) is 130 Å². The molecule has 10 nitrogen and oxygen atoms in total. The second kappa shape index (κ2) is 12.4. The smallest absolute Gasteiger partial charge is 0.271 e. The average Bonchev–Trinajstić information content (AvgIpc) is 2.82. The first-order chi connectivity index (χ1) is 16.9. The van der Waals surface area contributed by atoms with Crippen LogP contribution < -0.4 is 9.62 Å². The number of halogens is 1. The van der Waals surface area contributed by atoms with Crippen molar-refractivity contribution in [3.8, 4) is 0 Å². The largest absolute Gasteiger partial charge is 0.352 e. The second-order valence-corrected chi connectivity index (χ2v) is 10.3. The monoisotopic (exact) mass is 522 g/mol. The molecule has 36 heavy (non-hydrogen) atoms. The minimum atomic E-state index is -4.03. The summed E-state index contributed by atoms with van der Waals surface area (Å²) in [5.74, 6) is -1.56. The normalized spacial score (nSPS) is 12.9. The number of carbonyl (C=O) groups is 2. The molecular weight excluding hydrogens is 491 g/mol. The van der Waals surface area contributed by atoms with E-state index in [-0.39, 0.29) is 30.4 Å². The Bertz CT molecular complexity index is 1190. The molecule has 2 atom stereocenters. The molecule has 2 aromatic carbocycles. The van der Waals surface area contributed by atoms with Crippen LogP contribution in [-0.2, 0) is 26.2 Å².